The number of Topliss-reactive ketones (excluding diaryl/α,β-unsaturated/α-hetero) is 1. The van der Waals surface area contributed by atoms with E-state index in [1.54, 1.807) is 9.47 Å². The van der Waals surface area contributed by atoms with E-state index in [1.165, 1.54) is 24.3 Å². The van der Waals surface area contributed by atoms with Crippen molar-refractivity contribution in [2.75, 3.05) is 13.1 Å². The Balaban J connectivity index is 1.34. The number of nitrogens with zero attached hydrogens (tertiary/aromatic N) is 2. The zero-order valence-corrected chi connectivity index (χ0v) is 15.9. The second-order valence-electron chi connectivity index (χ2n) is 7.36. The quantitative estimate of drug-likeness (QED) is 0.674. The molecule has 0 saturated carbocycles. The van der Waals surface area contributed by atoms with E-state index in [0.717, 1.165) is 11.0 Å². The van der Waals surface area contributed by atoms with Gasteiger partial charge in [-0.05, 0) is 49.2 Å². The lowest BCUT2D eigenvalue weighted by molar-refractivity contribution is -0.132. The van der Waals surface area contributed by atoms with E-state index in [0.29, 0.717) is 31.5 Å². The van der Waals surface area contributed by atoms with Crippen LogP contribution in [0.3, 0.4) is 0 Å². The fourth-order valence-corrected chi connectivity index (χ4v) is 3.97. The number of aromatic nitrogens is 2. The van der Waals surface area contributed by atoms with Gasteiger partial charge >= 0.3 is 5.69 Å². The molecule has 0 radical (unpaired) electrons. The van der Waals surface area contributed by atoms with Crippen molar-refractivity contribution >= 4 is 22.7 Å². The van der Waals surface area contributed by atoms with E-state index >= 15 is 0 Å². The number of carbonyl (C=O) groups excluding carboxylic acids is 2. The van der Waals surface area contributed by atoms with E-state index in [4.69, 9.17) is 0 Å². The molecular weight excluding hydrogens is 373 g/mol. The summed E-state index contributed by atoms with van der Waals surface area (Å²) in [5, 5.41) is 0. The average molecular weight is 395 g/mol. The highest BCUT2D eigenvalue weighted by Crippen LogP contribution is 2.25. The van der Waals surface area contributed by atoms with Gasteiger partial charge < -0.3 is 9.88 Å². The van der Waals surface area contributed by atoms with Crippen molar-refractivity contribution < 1.29 is 14.0 Å². The van der Waals surface area contributed by atoms with Crippen LogP contribution in [0.15, 0.2) is 53.3 Å². The van der Waals surface area contributed by atoms with E-state index < -0.39 is 5.82 Å². The van der Waals surface area contributed by atoms with Crippen LogP contribution in [-0.4, -0.2) is 39.2 Å². The molecule has 6 nitrogen and oxygen atoms in total. The van der Waals surface area contributed by atoms with E-state index in [2.05, 4.69) is 4.98 Å². The number of aromatic amines is 1. The molecule has 3 aromatic rings. The summed E-state index contributed by atoms with van der Waals surface area (Å²) >= 11 is 0. The van der Waals surface area contributed by atoms with Gasteiger partial charge in [0, 0.05) is 37.5 Å². The summed E-state index contributed by atoms with van der Waals surface area (Å²) in [5.41, 5.74) is 1.99. The summed E-state index contributed by atoms with van der Waals surface area (Å²) in [6, 6.07) is 13.0. The van der Waals surface area contributed by atoms with Crippen LogP contribution in [0.2, 0.25) is 0 Å². The lowest BCUT2D eigenvalue weighted by atomic mass is 10.0. The van der Waals surface area contributed by atoms with Gasteiger partial charge in [0.1, 0.15) is 5.82 Å². The molecule has 1 amide bonds. The maximum atomic E-state index is 13.0. The maximum absolute atomic E-state index is 13.0. The van der Waals surface area contributed by atoms with Crippen LogP contribution < -0.4 is 5.69 Å². The molecule has 0 atom stereocenters. The fourth-order valence-electron chi connectivity index (χ4n) is 3.97. The standard InChI is InChI=1S/C22H22FN3O3/c23-16-7-5-15(6-8-16)20(27)9-10-21(28)25-13-11-17(12-14-25)26-19-4-2-1-3-18(19)24-22(26)29/h1-8,17H,9-14H2,(H,24,29). The number of likely N-dealkylation sites (tertiary alicyclic amines) is 1. The van der Waals surface area contributed by atoms with Crippen molar-refractivity contribution in [3.8, 4) is 0 Å². The molecule has 0 aliphatic carbocycles. The molecule has 0 bridgehead atoms. The van der Waals surface area contributed by atoms with Crippen molar-refractivity contribution in [2.45, 2.75) is 31.7 Å². The highest BCUT2D eigenvalue weighted by atomic mass is 19.1. The lowest BCUT2D eigenvalue weighted by Gasteiger charge is -2.32. The monoisotopic (exact) mass is 395 g/mol. The van der Waals surface area contributed by atoms with Gasteiger partial charge in [-0.25, -0.2) is 9.18 Å². The number of fused-ring (bicyclic) bond motifs is 1. The molecule has 2 aromatic carbocycles. The Hall–Kier alpha value is -3.22. The SMILES string of the molecule is O=C(CCC(=O)N1CCC(n2c(=O)[nH]c3ccccc32)CC1)c1ccc(F)cc1. The first-order valence-electron chi connectivity index (χ1n) is 9.79. The van der Waals surface area contributed by atoms with E-state index in [9.17, 15) is 18.8 Å². The Labute approximate surface area is 166 Å². The second-order valence-corrected chi connectivity index (χ2v) is 7.36. The van der Waals surface area contributed by atoms with Crippen LogP contribution in [0.4, 0.5) is 4.39 Å². The highest BCUT2D eigenvalue weighted by Gasteiger charge is 2.26. The normalized spacial score (nSPS) is 15.0. The largest absolute Gasteiger partial charge is 0.343 e. The first-order valence-corrected chi connectivity index (χ1v) is 9.79. The molecule has 1 N–H and O–H groups in total. The molecule has 2 heterocycles. The van der Waals surface area contributed by atoms with Crippen LogP contribution in [-0.2, 0) is 4.79 Å². The van der Waals surface area contributed by atoms with Gasteiger partial charge in [0.25, 0.3) is 0 Å². The van der Waals surface area contributed by atoms with Gasteiger partial charge in [-0.3, -0.25) is 14.2 Å². The van der Waals surface area contributed by atoms with E-state index in [1.807, 2.05) is 24.3 Å². The molecule has 29 heavy (non-hydrogen) atoms. The zero-order valence-electron chi connectivity index (χ0n) is 15.9. The number of hydrogen-bond donors (Lipinski definition) is 1. The Morgan fingerprint density at radius 2 is 1.69 bits per heavy atom. The Kier molecular flexibility index (Phi) is 5.29. The number of imidazole rings is 1. The summed E-state index contributed by atoms with van der Waals surface area (Å²) < 4.78 is 14.7. The molecule has 0 spiro atoms. The number of carbonyl (C=O) groups is 2. The number of rotatable bonds is 5. The molecule has 7 heteroatoms. The van der Waals surface area contributed by atoms with Crippen molar-refractivity contribution in [2.24, 2.45) is 0 Å². The van der Waals surface area contributed by atoms with Crippen molar-refractivity contribution in [1.29, 1.82) is 0 Å². The fraction of sp³-hybridized carbons (Fsp3) is 0.318. The van der Waals surface area contributed by atoms with Crippen molar-refractivity contribution in [1.82, 2.24) is 14.5 Å². The predicted molar refractivity (Wildman–Crippen MR) is 107 cm³/mol. The van der Waals surface area contributed by atoms with Gasteiger partial charge in [0.05, 0.1) is 11.0 Å². The molecular formula is C22H22FN3O3. The Morgan fingerprint density at radius 1 is 1.00 bits per heavy atom. The van der Waals surface area contributed by atoms with Gasteiger partial charge in [-0.1, -0.05) is 12.1 Å². The number of benzene rings is 2. The van der Waals surface area contributed by atoms with Crippen LogP contribution in [0.5, 0.6) is 0 Å². The third kappa shape index (κ3) is 3.99. The first-order chi connectivity index (χ1) is 14.0. The average Bonchev–Trinajstić information content (AvgIpc) is 3.08. The van der Waals surface area contributed by atoms with Gasteiger partial charge in [-0.15, -0.1) is 0 Å². The molecule has 1 fully saturated rings. The predicted octanol–water partition coefficient (Wildman–Crippen LogP) is 3.30. The number of ketones is 1. The zero-order chi connectivity index (χ0) is 20.4. The summed E-state index contributed by atoms with van der Waals surface area (Å²) in [5.74, 6) is -0.626. The summed E-state index contributed by atoms with van der Waals surface area (Å²) in [7, 11) is 0. The minimum absolute atomic E-state index is 0.0450. The van der Waals surface area contributed by atoms with Crippen molar-refractivity contribution in [3.05, 3.63) is 70.4 Å². The number of nitrogens with one attached hydrogen (secondary N) is 1. The molecule has 0 unspecified atom stereocenters. The van der Waals surface area contributed by atoms with Crippen LogP contribution >= 0.6 is 0 Å². The van der Waals surface area contributed by atoms with Gasteiger partial charge in [0.2, 0.25) is 5.91 Å². The Morgan fingerprint density at radius 3 is 2.41 bits per heavy atom. The molecule has 150 valence electrons. The first kappa shape index (κ1) is 19.1. The highest BCUT2D eigenvalue weighted by molar-refractivity contribution is 5.97. The second kappa shape index (κ2) is 8.03. The minimum atomic E-state index is -0.394. The number of halogens is 1. The molecule has 1 aliphatic rings. The van der Waals surface area contributed by atoms with Gasteiger partial charge in [-0.2, -0.15) is 0 Å². The number of para-hydroxylation sites is 2. The minimum Gasteiger partial charge on any atom is -0.343 e. The lowest BCUT2D eigenvalue weighted by Crippen LogP contribution is -2.40. The topological polar surface area (TPSA) is 75.2 Å². The third-order valence-corrected chi connectivity index (χ3v) is 5.54. The molecule has 4 rings (SSSR count). The van der Waals surface area contributed by atoms with E-state index in [-0.39, 0.29) is 36.3 Å². The maximum Gasteiger partial charge on any atom is 0.326 e. The summed E-state index contributed by atoms with van der Waals surface area (Å²) in [4.78, 5) is 41.7. The third-order valence-electron chi connectivity index (χ3n) is 5.54. The number of piperidine rings is 1. The molecule has 1 aliphatic heterocycles. The smallest absolute Gasteiger partial charge is 0.326 e. The number of amides is 1. The van der Waals surface area contributed by atoms with Crippen molar-refractivity contribution in [3.63, 3.8) is 0 Å². The molecule has 1 saturated heterocycles. The van der Waals surface area contributed by atoms with Crippen LogP contribution in [0, 0.1) is 5.82 Å². The number of H-pyrrole nitrogens is 1. The van der Waals surface area contributed by atoms with Gasteiger partial charge in [0.15, 0.2) is 5.78 Å². The Bertz CT molecular complexity index is 1090. The molecule has 1 aromatic heterocycles. The van der Waals surface area contributed by atoms with Crippen LogP contribution in [0.1, 0.15) is 42.1 Å². The van der Waals surface area contributed by atoms with Crippen LogP contribution in [0.25, 0.3) is 11.0 Å². The number of hydrogen-bond acceptors (Lipinski definition) is 3. The summed E-state index contributed by atoms with van der Waals surface area (Å²) in [6.45, 7) is 1.11. The summed E-state index contributed by atoms with van der Waals surface area (Å²) in [6.07, 6.45) is 1.62.